The molecular weight excluding hydrogens is 219 g/mol. The molecule has 0 spiro atoms. The summed E-state index contributed by atoms with van der Waals surface area (Å²) in [6.07, 6.45) is 6.83. The molecule has 1 atom stereocenters. The van der Waals surface area contributed by atoms with E-state index >= 15 is 0 Å². The Labute approximate surface area is 100 Å². The Bertz CT molecular complexity index is 426. The third-order valence-corrected chi connectivity index (χ3v) is 2.21. The molecule has 1 unspecified atom stereocenters. The van der Waals surface area contributed by atoms with Crippen LogP contribution in [0, 0.1) is 18.2 Å². The first-order valence-corrected chi connectivity index (χ1v) is 5.45. The van der Waals surface area contributed by atoms with Crippen molar-refractivity contribution >= 4 is 11.7 Å². The van der Waals surface area contributed by atoms with Crippen LogP contribution in [0.15, 0.2) is 24.3 Å². The fraction of sp³-hybridized carbons (Fsp3) is 0.308. The molecule has 0 saturated heterocycles. The van der Waals surface area contributed by atoms with Gasteiger partial charge in [0.2, 0.25) is 0 Å². The number of nitrogens with one attached hydrogen (secondary N) is 2. The molecule has 4 heteroatoms. The minimum absolute atomic E-state index is 0.136. The number of para-hydroxylation sites is 1. The maximum absolute atomic E-state index is 13.2. The van der Waals surface area contributed by atoms with Crippen molar-refractivity contribution < 1.29 is 9.18 Å². The van der Waals surface area contributed by atoms with Crippen molar-refractivity contribution in [1.82, 2.24) is 5.32 Å². The van der Waals surface area contributed by atoms with E-state index in [0.717, 1.165) is 6.42 Å². The molecule has 0 saturated carbocycles. The zero-order valence-corrected chi connectivity index (χ0v) is 9.66. The maximum Gasteiger partial charge on any atom is 0.320 e. The molecule has 0 bridgehead atoms. The zero-order valence-electron chi connectivity index (χ0n) is 9.66. The molecular formula is C13H15FN2O. The van der Waals surface area contributed by atoms with Crippen LogP contribution >= 0.6 is 0 Å². The van der Waals surface area contributed by atoms with E-state index in [1.54, 1.807) is 12.1 Å². The second kappa shape index (κ2) is 6.54. The smallest absolute Gasteiger partial charge is 0.320 e. The van der Waals surface area contributed by atoms with Gasteiger partial charge in [0.1, 0.15) is 5.82 Å². The van der Waals surface area contributed by atoms with Crippen LogP contribution in [0.3, 0.4) is 0 Å². The molecule has 1 aromatic rings. The van der Waals surface area contributed by atoms with Gasteiger partial charge in [0.25, 0.3) is 0 Å². The van der Waals surface area contributed by atoms with E-state index in [4.69, 9.17) is 6.42 Å². The summed E-state index contributed by atoms with van der Waals surface area (Å²) in [5, 5.41) is 5.00. The van der Waals surface area contributed by atoms with Gasteiger partial charge >= 0.3 is 6.03 Å². The van der Waals surface area contributed by atoms with Crippen LogP contribution in [-0.4, -0.2) is 12.1 Å². The molecule has 2 amide bonds. The maximum atomic E-state index is 13.2. The van der Waals surface area contributed by atoms with Crippen LogP contribution in [0.5, 0.6) is 0 Å². The first-order chi connectivity index (χ1) is 8.17. The average molecular weight is 234 g/mol. The number of anilines is 1. The van der Waals surface area contributed by atoms with E-state index in [-0.39, 0.29) is 11.7 Å². The lowest BCUT2D eigenvalue weighted by molar-refractivity contribution is 0.250. The quantitative estimate of drug-likeness (QED) is 0.773. The van der Waals surface area contributed by atoms with Gasteiger partial charge in [-0.1, -0.05) is 31.4 Å². The predicted molar refractivity (Wildman–Crippen MR) is 66.1 cm³/mol. The van der Waals surface area contributed by atoms with Crippen molar-refractivity contribution in [3.05, 3.63) is 30.1 Å². The highest BCUT2D eigenvalue weighted by Gasteiger charge is 2.10. The van der Waals surface area contributed by atoms with Gasteiger partial charge < -0.3 is 10.6 Å². The standard InChI is InChI=1S/C13H15FN2O/c1-3-7-10(4-2)15-13(17)16-12-9-6-5-8-11(12)14/h2,5-6,8-10H,3,7H2,1H3,(H2,15,16,17). The van der Waals surface area contributed by atoms with Gasteiger partial charge in [-0.05, 0) is 18.6 Å². The molecule has 2 N–H and O–H groups in total. The molecule has 17 heavy (non-hydrogen) atoms. The highest BCUT2D eigenvalue weighted by molar-refractivity contribution is 5.89. The number of rotatable bonds is 4. The summed E-state index contributed by atoms with van der Waals surface area (Å²) in [6, 6.07) is 5.14. The van der Waals surface area contributed by atoms with Gasteiger partial charge in [-0.15, -0.1) is 6.42 Å². The zero-order chi connectivity index (χ0) is 12.7. The van der Waals surface area contributed by atoms with Crippen LogP contribution < -0.4 is 10.6 Å². The van der Waals surface area contributed by atoms with Crippen LogP contribution in [0.2, 0.25) is 0 Å². The highest BCUT2D eigenvalue weighted by Crippen LogP contribution is 2.11. The number of halogens is 1. The number of terminal acetylenes is 1. The SMILES string of the molecule is C#CC(CCC)NC(=O)Nc1ccccc1F. The number of carbonyl (C=O) groups excluding carboxylic acids is 1. The van der Waals surface area contributed by atoms with Gasteiger partial charge in [-0.2, -0.15) is 0 Å². The fourth-order valence-corrected chi connectivity index (χ4v) is 1.37. The summed E-state index contributed by atoms with van der Waals surface area (Å²) in [6.45, 7) is 1.97. The van der Waals surface area contributed by atoms with E-state index in [9.17, 15) is 9.18 Å². The molecule has 0 radical (unpaired) electrons. The van der Waals surface area contributed by atoms with Crippen molar-refractivity contribution in [2.75, 3.05) is 5.32 Å². The van der Waals surface area contributed by atoms with Crippen molar-refractivity contribution in [3.63, 3.8) is 0 Å². The Morgan fingerprint density at radius 3 is 2.82 bits per heavy atom. The Hall–Kier alpha value is -2.02. The summed E-state index contributed by atoms with van der Waals surface area (Å²) in [5.41, 5.74) is 0.136. The predicted octanol–water partition coefficient (Wildman–Crippen LogP) is 2.75. The average Bonchev–Trinajstić information content (AvgIpc) is 2.31. The molecule has 90 valence electrons. The minimum atomic E-state index is -0.494. The van der Waals surface area contributed by atoms with Gasteiger partial charge in [0, 0.05) is 0 Å². The number of hydrogen-bond donors (Lipinski definition) is 2. The third kappa shape index (κ3) is 4.15. The molecule has 1 aromatic carbocycles. The van der Waals surface area contributed by atoms with E-state index < -0.39 is 11.8 Å². The number of amides is 2. The molecule has 0 aliphatic carbocycles. The number of hydrogen-bond acceptors (Lipinski definition) is 1. The van der Waals surface area contributed by atoms with Crippen LogP contribution in [0.25, 0.3) is 0 Å². The molecule has 0 aromatic heterocycles. The van der Waals surface area contributed by atoms with Gasteiger partial charge in [0.05, 0.1) is 11.7 Å². The topological polar surface area (TPSA) is 41.1 Å². The summed E-state index contributed by atoms with van der Waals surface area (Å²) >= 11 is 0. The summed E-state index contributed by atoms with van der Waals surface area (Å²) in [4.78, 5) is 11.5. The van der Waals surface area contributed by atoms with Gasteiger partial charge in [-0.25, -0.2) is 9.18 Å². The second-order valence-electron chi connectivity index (χ2n) is 3.59. The van der Waals surface area contributed by atoms with Gasteiger partial charge in [0.15, 0.2) is 0 Å². The van der Waals surface area contributed by atoms with E-state index in [0.29, 0.717) is 6.42 Å². The first-order valence-electron chi connectivity index (χ1n) is 5.45. The Morgan fingerprint density at radius 1 is 1.53 bits per heavy atom. The number of urea groups is 1. The molecule has 1 rings (SSSR count). The Kier molecular flexibility index (Phi) is 5.02. The van der Waals surface area contributed by atoms with Crippen LogP contribution in [0.1, 0.15) is 19.8 Å². The fourth-order valence-electron chi connectivity index (χ4n) is 1.37. The van der Waals surface area contributed by atoms with E-state index in [2.05, 4.69) is 16.6 Å². The molecule has 0 aliphatic heterocycles. The largest absolute Gasteiger partial charge is 0.324 e. The van der Waals surface area contributed by atoms with Crippen LogP contribution in [-0.2, 0) is 0 Å². The van der Waals surface area contributed by atoms with E-state index in [1.165, 1.54) is 12.1 Å². The van der Waals surface area contributed by atoms with Crippen LogP contribution in [0.4, 0.5) is 14.9 Å². The van der Waals surface area contributed by atoms with Crippen molar-refractivity contribution in [3.8, 4) is 12.3 Å². The Balaban J connectivity index is 2.56. The van der Waals surface area contributed by atoms with E-state index in [1.807, 2.05) is 6.92 Å². The second-order valence-corrected chi connectivity index (χ2v) is 3.59. The lowest BCUT2D eigenvalue weighted by Crippen LogP contribution is -2.37. The summed E-state index contributed by atoms with van der Waals surface area (Å²) in [7, 11) is 0. The first kappa shape index (κ1) is 13.0. The molecule has 0 fully saturated rings. The normalized spacial score (nSPS) is 11.4. The molecule has 0 aliphatic rings. The third-order valence-electron chi connectivity index (χ3n) is 2.21. The van der Waals surface area contributed by atoms with Crippen molar-refractivity contribution in [1.29, 1.82) is 0 Å². The van der Waals surface area contributed by atoms with Crippen molar-refractivity contribution in [2.45, 2.75) is 25.8 Å². The molecule has 0 heterocycles. The number of carbonyl (C=O) groups is 1. The highest BCUT2D eigenvalue weighted by atomic mass is 19.1. The Morgan fingerprint density at radius 2 is 2.24 bits per heavy atom. The van der Waals surface area contributed by atoms with Gasteiger partial charge in [-0.3, -0.25) is 0 Å². The lowest BCUT2D eigenvalue weighted by atomic mass is 10.2. The lowest BCUT2D eigenvalue weighted by Gasteiger charge is -2.13. The number of benzene rings is 1. The summed E-state index contributed by atoms with van der Waals surface area (Å²) in [5.74, 6) is 1.99. The molecule has 3 nitrogen and oxygen atoms in total. The monoisotopic (exact) mass is 234 g/mol. The minimum Gasteiger partial charge on any atom is -0.324 e. The van der Waals surface area contributed by atoms with Crippen molar-refractivity contribution in [2.24, 2.45) is 0 Å². The summed E-state index contributed by atoms with van der Waals surface area (Å²) < 4.78 is 13.2.